The molecule has 108 valence electrons. The summed E-state index contributed by atoms with van der Waals surface area (Å²) in [6.07, 6.45) is 0. The number of halogens is 1. The maximum Gasteiger partial charge on any atom is 0.0674 e. The van der Waals surface area contributed by atoms with Crippen LogP contribution in [-0.2, 0) is 13.6 Å². The Kier molecular flexibility index (Phi) is 4.51. The van der Waals surface area contributed by atoms with Crippen molar-refractivity contribution in [3.63, 3.8) is 0 Å². The van der Waals surface area contributed by atoms with Crippen molar-refractivity contribution in [1.82, 2.24) is 15.1 Å². The normalized spacial score (nSPS) is 11.3. The van der Waals surface area contributed by atoms with E-state index in [1.165, 1.54) is 5.56 Å². The molecule has 2 aromatic rings. The predicted octanol–water partition coefficient (Wildman–Crippen LogP) is 3.86. The van der Waals surface area contributed by atoms with E-state index in [1.807, 2.05) is 24.7 Å². The average Bonchev–Trinajstić information content (AvgIpc) is 2.61. The van der Waals surface area contributed by atoms with Gasteiger partial charge in [0.25, 0.3) is 0 Å². The first-order valence-corrected chi connectivity index (χ1v) is 7.30. The second-order valence-electron chi connectivity index (χ2n) is 5.51. The molecule has 0 fully saturated rings. The summed E-state index contributed by atoms with van der Waals surface area (Å²) in [6.45, 7) is 9.17. The van der Waals surface area contributed by atoms with Crippen LogP contribution in [0.2, 0.25) is 5.02 Å². The van der Waals surface area contributed by atoms with Crippen LogP contribution in [0, 0.1) is 13.8 Å². The van der Waals surface area contributed by atoms with E-state index < -0.39 is 0 Å². The van der Waals surface area contributed by atoms with Gasteiger partial charge in [0.2, 0.25) is 0 Å². The zero-order valence-electron chi connectivity index (χ0n) is 12.8. The molecule has 0 aliphatic carbocycles. The summed E-state index contributed by atoms with van der Waals surface area (Å²) in [5, 5.41) is 8.65. The van der Waals surface area contributed by atoms with Crippen molar-refractivity contribution in [1.29, 1.82) is 0 Å². The minimum Gasteiger partial charge on any atom is -0.310 e. The molecule has 0 bridgehead atoms. The molecule has 1 heterocycles. The standard InChI is InChI=1S/C16H22ClN3/c1-10(2)18-9-14-7-6-13(8-15(14)17)16-11(3)19-20(5)12(16)4/h6-8,10,18H,9H2,1-5H3. The van der Waals surface area contributed by atoms with Gasteiger partial charge in [-0.1, -0.05) is 37.6 Å². The van der Waals surface area contributed by atoms with Crippen LogP contribution in [0.15, 0.2) is 18.2 Å². The second-order valence-corrected chi connectivity index (χ2v) is 5.92. The summed E-state index contributed by atoms with van der Waals surface area (Å²) in [4.78, 5) is 0. The van der Waals surface area contributed by atoms with Crippen molar-refractivity contribution in [2.75, 3.05) is 0 Å². The third-order valence-corrected chi connectivity index (χ3v) is 3.90. The molecule has 4 heteroatoms. The summed E-state index contributed by atoms with van der Waals surface area (Å²) in [6, 6.07) is 6.71. The second kappa shape index (κ2) is 5.98. The highest BCUT2D eigenvalue weighted by molar-refractivity contribution is 6.31. The molecule has 1 aromatic heterocycles. The molecule has 1 N–H and O–H groups in total. The van der Waals surface area contributed by atoms with Crippen molar-refractivity contribution >= 4 is 11.6 Å². The quantitative estimate of drug-likeness (QED) is 0.927. The fourth-order valence-corrected chi connectivity index (χ4v) is 2.60. The Bertz CT molecular complexity index is 614. The van der Waals surface area contributed by atoms with Gasteiger partial charge in [-0.15, -0.1) is 0 Å². The maximum absolute atomic E-state index is 6.41. The van der Waals surface area contributed by atoms with E-state index in [9.17, 15) is 0 Å². The minimum absolute atomic E-state index is 0.452. The lowest BCUT2D eigenvalue weighted by molar-refractivity contribution is 0.589. The van der Waals surface area contributed by atoms with E-state index in [4.69, 9.17) is 11.6 Å². The number of benzene rings is 1. The molecule has 0 unspecified atom stereocenters. The summed E-state index contributed by atoms with van der Waals surface area (Å²) < 4.78 is 1.91. The SMILES string of the molecule is Cc1nn(C)c(C)c1-c1ccc(CNC(C)C)c(Cl)c1. The van der Waals surface area contributed by atoms with Crippen molar-refractivity contribution in [2.45, 2.75) is 40.3 Å². The highest BCUT2D eigenvalue weighted by atomic mass is 35.5. The van der Waals surface area contributed by atoms with Gasteiger partial charge in [0.1, 0.15) is 0 Å². The van der Waals surface area contributed by atoms with E-state index in [2.05, 4.69) is 43.3 Å². The Labute approximate surface area is 126 Å². The third-order valence-electron chi connectivity index (χ3n) is 3.55. The largest absolute Gasteiger partial charge is 0.310 e. The van der Waals surface area contributed by atoms with Crippen molar-refractivity contribution in [3.05, 3.63) is 40.2 Å². The van der Waals surface area contributed by atoms with E-state index in [-0.39, 0.29) is 0 Å². The molecule has 0 atom stereocenters. The van der Waals surface area contributed by atoms with Crippen LogP contribution >= 0.6 is 11.6 Å². The summed E-state index contributed by atoms with van der Waals surface area (Å²) in [5.74, 6) is 0. The number of rotatable bonds is 4. The molecule has 0 spiro atoms. The number of aromatic nitrogens is 2. The Hall–Kier alpha value is -1.32. The van der Waals surface area contributed by atoms with Crippen LogP contribution in [-0.4, -0.2) is 15.8 Å². The third kappa shape index (κ3) is 3.05. The summed E-state index contributed by atoms with van der Waals surface area (Å²) in [5.41, 5.74) is 5.63. The van der Waals surface area contributed by atoms with Crippen LogP contribution in [0.25, 0.3) is 11.1 Å². The average molecular weight is 292 g/mol. The van der Waals surface area contributed by atoms with Crippen LogP contribution in [0.1, 0.15) is 30.8 Å². The Morgan fingerprint density at radius 3 is 2.50 bits per heavy atom. The molecule has 1 aromatic carbocycles. The van der Waals surface area contributed by atoms with Gasteiger partial charge in [0.15, 0.2) is 0 Å². The predicted molar refractivity (Wildman–Crippen MR) is 85.1 cm³/mol. The number of nitrogens with one attached hydrogen (secondary N) is 1. The number of hydrogen-bond donors (Lipinski definition) is 1. The molecule has 3 nitrogen and oxygen atoms in total. The van der Waals surface area contributed by atoms with E-state index >= 15 is 0 Å². The van der Waals surface area contributed by atoms with Gasteiger partial charge in [0, 0.05) is 35.9 Å². The Morgan fingerprint density at radius 1 is 1.30 bits per heavy atom. The van der Waals surface area contributed by atoms with Gasteiger partial charge < -0.3 is 5.32 Å². The fourth-order valence-electron chi connectivity index (χ4n) is 2.35. The van der Waals surface area contributed by atoms with Crippen LogP contribution in [0.4, 0.5) is 0 Å². The molecule has 0 aliphatic heterocycles. The molecule has 2 rings (SSSR count). The molecular weight excluding hydrogens is 270 g/mol. The van der Waals surface area contributed by atoms with Crippen molar-refractivity contribution in [3.8, 4) is 11.1 Å². The van der Waals surface area contributed by atoms with Gasteiger partial charge in [0.05, 0.1) is 5.69 Å². The first kappa shape index (κ1) is 15.1. The van der Waals surface area contributed by atoms with E-state index in [1.54, 1.807) is 0 Å². The zero-order valence-corrected chi connectivity index (χ0v) is 13.5. The summed E-state index contributed by atoms with van der Waals surface area (Å²) >= 11 is 6.41. The molecule has 0 amide bonds. The zero-order chi connectivity index (χ0) is 14.9. The first-order valence-electron chi connectivity index (χ1n) is 6.92. The van der Waals surface area contributed by atoms with Crippen LogP contribution in [0.3, 0.4) is 0 Å². The fraction of sp³-hybridized carbons (Fsp3) is 0.438. The summed E-state index contributed by atoms with van der Waals surface area (Å²) in [7, 11) is 1.97. The molecule has 0 radical (unpaired) electrons. The Balaban J connectivity index is 2.33. The van der Waals surface area contributed by atoms with Crippen LogP contribution < -0.4 is 5.32 Å². The first-order chi connectivity index (χ1) is 9.40. The molecule has 0 aliphatic rings. The number of hydrogen-bond acceptors (Lipinski definition) is 2. The highest BCUT2D eigenvalue weighted by Gasteiger charge is 2.13. The lowest BCUT2D eigenvalue weighted by Gasteiger charge is -2.11. The van der Waals surface area contributed by atoms with E-state index in [0.717, 1.165) is 34.1 Å². The van der Waals surface area contributed by atoms with Gasteiger partial charge in [-0.3, -0.25) is 4.68 Å². The van der Waals surface area contributed by atoms with Gasteiger partial charge in [-0.25, -0.2) is 0 Å². The number of aryl methyl sites for hydroxylation is 2. The van der Waals surface area contributed by atoms with Gasteiger partial charge in [-0.05, 0) is 31.0 Å². The smallest absolute Gasteiger partial charge is 0.0674 e. The van der Waals surface area contributed by atoms with Crippen molar-refractivity contribution < 1.29 is 0 Å². The molecule has 0 saturated heterocycles. The number of nitrogens with zero attached hydrogens (tertiary/aromatic N) is 2. The minimum atomic E-state index is 0.452. The molecular formula is C16H22ClN3. The monoisotopic (exact) mass is 291 g/mol. The van der Waals surface area contributed by atoms with Gasteiger partial charge in [-0.2, -0.15) is 5.10 Å². The topological polar surface area (TPSA) is 29.9 Å². The lowest BCUT2D eigenvalue weighted by Crippen LogP contribution is -2.21. The Morgan fingerprint density at radius 2 is 2.00 bits per heavy atom. The molecule has 20 heavy (non-hydrogen) atoms. The van der Waals surface area contributed by atoms with Crippen LogP contribution in [0.5, 0.6) is 0 Å². The lowest BCUT2D eigenvalue weighted by atomic mass is 10.0. The van der Waals surface area contributed by atoms with Crippen molar-refractivity contribution in [2.24, 2.45) is 7.05 Å². The molecule has 0 saturated carbocycles. The maximum atomic E-state index is 6.41. The highest BCUT2D eigenvalue weighted by Crippen LogP contribution is 2.30. The van der Waals surface area contributed by atoms with E-state index in [0.29, 0.717) is 6.04 Å². The van der Waals surface area contributed by atoms with Gasteiger partial charge >= 0.3 is 0 Å².